The number of carbonyl (C=O) groups is 1. The van der Waals surface area contributed by atoms with Crippen LogP contribution in [0.15, 0.2) is 66.7 Å². The van der Waals surface area contributed by atoms with Gasteiger partial charge in [0.05, 0.1) is 5.56 Å². The molecule has 3 rings (SSSR count). The molecule has 1 unspecified atom stereocenters. The van der Waals surface area contributed by atoms with E-state index in [0.29, 0.717) is 24.1 Å². The Kier molecular flexibility index (Phi) is 7.04. The summed E-state index contributed by atoms with van der Waals surface area (Å²) in [6.07, 6.45) is -3.97. The van der Waals surface area contributed by atoms with Gasteiger partial charge in [-0.2, -0.15) is 13.2 Å². The SMILES string of the molecule is Cc1cc(C)c(N(CCc2ccc(C(F)(F)F)cc2)C(=O)C(N)c2ccccc2)c(C)c1. The predicted octanol–water partition coefficient (Wildman–Crippen LogP) is 5.91. The highest BCUT2D eigenvalue weighted by Crippen LogP contribution is 2.31. The Morgan fingerprint density at radius 2 is 1.50 bits per heavy atom. The Morgan fingerprint density at radius 3 is 2.03 bits per heavy atom. The molecule has 0 bridgehead atoms. The van der Waals surface area contributed by atoms with E-state index in [1.807, 2.05) is 63.2 Å². The molecule has 0 heterocycles. The Labute approximate surface area is 186 Å². The number of anilines is 1. The second-order valence-electron chi connectivity index (χ2n) is 8.07. The monoisotopic (exact) mass is 440 g/mol. The summed E-state index contributed by atoms with van der Waals surface area (Å²) in [5.41, 5.74) is 10.8. The van der Waals surface area contributed by atoms with Gasteiger partial charge in [0.25, 0.3) is 0 Å². The van der Waals surface area contributed by atoms with Crippen LogP contribution in [-0.2, 0) is 17.4 Å². The standard InChI is InChI=1S/C26H27F3N2O/c1-17-15-18(2)24(19(3)16-17)31(25(32)23(30)21-7-5-4-6-8-21)14-13-20-9-11-22(12-10-20)26(27,28)29/h4-12,15-16,23H,13-14,30H2,1-3H3. The molecule has 1 atom stereocenters. The molecule has 0 saturated carbocycles. The minimum absolute atomic E-state index is 0.252. The number of nitrogens with zero attached hydrogens (tertiary/aromatic N) is 1. The minimum atomic E-state index is -4.38. The summed E-state index contributed by atoms with van der Waals surface area (Å²) in [7, 11) is 0. The number of benzene rings is 3. The van der Waals surface area contributed by atoms with E-state index in [9.17, 15) is 18.0 Å². The number of alkyl halides is 3. The molecule has 6 heteroatoms. The average Bonchev–Trinajstić information content (AvgIpc) is 2.74. The third kappa shape index (κ3) is 5.37. The Balaban J connectivity index is 1.91. The number of hydrogen-bond acceptors (Lipinski definition) is 2. The number of aryl methyl sites for hydroxylation is 3. The molecule has 3 nitrogen and oxygen atoms in total. The lowest BCUT2D eigenvalue weighted by molar-refractivity contribution is -0.137. The summed E-state index contributed by atoms with van der Waals surface area (Å²) >= 11 is 0. The smallest absolute Gasteiger partial charge is 0.316 e. The Bertz CT molecular complexity index is 1050. The fraction of sp³-hybridized carbons (Fsp3) is 0.269. The van der Waals surface area contributed by atoms with E-state index in [2.05, 4.69) is 0 Å². The highest BCUT2D eigenvalue weighted by atomic mass is 19.4. The molecule has 0 saturated heterocycles. The van der Waals surface area contributed by atoms with E-state index < -0.39 is 17.8 Å². The topological polar surface area (TPSA) is 46.3 Å². The molecule has 0 aliphatic heterocycles. The van der Waals surface area contributed by atoms with Crippen LogP contribution in [0.5, 0.6) is 0 Å². The van der Waals surface area contributed by atoms with Crippen molar-refractivity contribution in [3.63, 3.8) is 0 Å². The van der Waals surface area contributed by atoms with Crippen molar-refractivity contribution in [3.8, 4) is 0 Å². The lowest BCUT2D eigenvalue weighted by Crippen LogP contribution is -2.40. The van der Waals surface area contributed by atoms with E-state index in [4.69, 9.17) is 5.73 Å². The van der Waals surface area contributed by atoms with Gasteiger partial charge in [-0.3, -0.25) is 4.79 Å². The normalized spacial score (nSPS) is 12.5. The van der Waals surface area contributed by atoms with E-state index in [1.54, 1.807) is 4.90 Å². The molecule has 0 aliphatic carbocycles. The van der Waals surface area contributed by atoms with Crippen molar-refractivity contribution in [2.24, 2.45) is 5.73 Å². The first-order valence-corrected chi connectivity index (χ1v) is 10.4. The third-order valence-corrected chi connectivity index (χ3v) is 5.50. The van der Waals surface area contributed by atoms with Crippen molar-refractivity contribution in [2.75, 3.05) is 11.4 Å². The molecule has 2 N–H and O–H groups in total. The van der Waals surface area contributed by atoms with Crippen LogP contribution in [0, 0.1) is 20.8 Å². The molecule has 0 fully saturated rings. The number of hydrogen-bond donors (Lipinski definition) is 1. The molecule has 0 aliphatic rings. The van der Waals surface area contributed by atoms with Gasteiger partial charge in [-0.05, 0) is 61.6 Å². The number of halogens is 3. The van der Waals surface area contributed by atoms with Crippen molar-refractivity contribution in [2.45, 2.75) is 39.4 Å². The second kappa shape index (κ2) is 9.57. The van der Waals surface area contributed by atoms with Crippen LogP contribution in [-0.4, -0.2) is 12.5 Å². The van der Waals surface area contributed by atoms with E-state index >= 15 is 0 Å². The summed E-state index contributed by atoms with van der Waals surface area (Å²) in [4.78, 5) is 15.2. The van der Waals surface area contributed by atoms with Gasteiger partial charge in [-0.25, -0.2) is 0 Å². The minimum Gasteiger partial charge on any atom is -0.316 e. The number of amides is 1. The largest absolute Gasteiger partial charge is 0.416 e. The number of rotatable bonds is 6. The van der Waals surface area contributed by atoms with Crippen LogP contribution >= 0.6 is 0 Å². The molecule has 3 aromatic rings. The molecule has 0 aromatic heterocycles. The molecule has 3 aromatic carbocycles. The highest BCUT2D eigenvalue weighted by molar-refractivity contribution is 5.99. The molecular weight excluding hydrogens is 413 g/mol. The number of carbonyl (C=O) groups excluding carboxylic acids is 1. The maximum atomic E-state index is 13.5. The molecular formula is C26H27F3N2O. The van der Waals surface area contributed by atoms with Gasteiger partial charge >= 0.3 is 6.18 Å². The van der Waals surface area contributed by atoms with Gasteiger partial charge in [-0.1, -0.05) is 60.2 Å². The van der Waals surface area contributed by atoms with Gasteiger partial charge in [0.15, 0.2) is 0 Å². The maximum absolute atomic E-state index is 13.5. The van der Waals surface area contributed by atoms with E-state index in [0.717, 1.165) is 34.5 Å². The summed E-state index contributed by atoms with van der Waals surface area (Å²) < 4.78 is 38.6. The summed E-state index contributed by atoms with van der Waals surface area (Å²) in [6.45, 7) is 6.19. The first kappa shape index (κ1) is 23.5. The molecule has 168 valence electrons. The van der Waals surface area contributed by atoms with Gasteiger partial charge in [0.1, 0.15) is 6.04 Å². The second-order valence-corrected chi connectivity index (χ2v) is 8.07. The summed E-state index contributed by atoms with van der Waals surface area (Å²) in [6, 6.07) is 17.4. The Morgan fingerprint density at radius 1 is 0.938 bits per heavy atom. The zero-order chi connectivity index (χ0) is 23.5. The van der Waals surface area contributed by atoms with Gasteiger partial charge < -0.3 is 10.6 Å². The lowest BCUT2D eigenvalue weighted by atomic mass is 10.0. The predicted molar refractivity (Wildman–Crippen MR) is 122 cm³/mol. The quantitative estimate of drug-likeness (QED) is 0.518. The van der Waals surface area contributed by atoms with E-state index in [1.165, 1.54) is 12.1 Å². The molecule has 0 spiro atoms. The van der Waals surface area contributed by atoms with Crippen molar-refractivity contribution in [3.05, 3.63) is 100 Å². The van der Waals surface area contributed by atoms with Crippen molar-refractivity contribution < 1.29 is 18.0 Å². The van der Waals surface area contributed by atoms with Crippen LogP contribution in [0.25, 0.3) is 0 Å². The lowest BCUT2D eigenvalue weighted by Gasteiger charge is -2.29. The van der Waals surface area contributed by atoms with Crippen LogP contribution in [0.4, 0.5) is 18.9 Å². The van der Waals surface area contributed by atoms with Gasteiger partial charge in [0.2, 0.25) is 5.91 Å². The van der Waals surface area contributed by atoms with Crippen LogP contribution in [0.2, 0.25) is 0 Å². The number of nitrogens with two attached hydrogens (primary N) is 1. The van der Waals surface area contributed by atoms with Crippen molar-refractivity contribution in [1.29, 1.82) is 0 Å². The maximum Gasteiger partial charge on any atom is 0.416 e. The van der Waals surface area contributed by atoms with Crippen molar-refractivity contribution in [1.82, 2.24) is 0 Å². The molecule has 1 amide bonds. The van der Waals surface area contributed by atoms with Crippen LogP contribution in [0.3, 0.4) is 0 Å². The highest BCUT2D eigenvalue weighted by Gasteiger charge is 2.30. The average molecular weight is 441 g/mol. The Hall–Kier alpha value is -3.12. The molecule has 0 radical (unpaired) electrons. The zero-order valence-electron chi connectivity index (χ0n) is 18.4. The molecule has 32 heavy (non-hydrogen) atoms. The van der Waals surface area contributed by atoms with Gasteiger partial charge in [-0.15, -0.1) is 0 Å². The van der Waals surface area contributed by atoms with Crippen LogP contribution < -0.4 is 10.6 Å². The fourth-order valence-electron chi connectivity index (χ4n) is 4.00. The van der Waals surface area contributed by atoms with Crippen molar-refractivity contribution >= 4 is 11.6 Å². The first-order chi connectivity index (χ1) is 15.1. The van der Waals surface area contributed by atoms with Crippen LogP contribution in [0.1, 0.15) is 39.4 Å². The zero-order valence-corrected chi connectivity index (χ0v) is 18.4. The summed E-state index contributed by atoms with van der Waals surface area (Å²) in [5.74, 6) is -0.252. The first-order valence-electron chi connectivity index (χ1n) is 10.4. The fourth-order valence-corrected chi connectivity index (χ4v) is 4.00. The summed E-state index contributed by atoms with van der Waals surface area (Å²) in [5, 5.41) is 0. The van der Waals surface area contributed by atoms with Gasteiger partial charge in [0, 0.05) is 12.2 Å². The van der Waals surface area contributed by atoms with E-state index in [-0.39, 0.29) is 5.91 Å². The third-order valence-electron chi connectivity index (χ3n) is 5.50.